The van der Waals surface area contributed by atoms with Crippen LogP contribution in [0.1, 0.15) is 17.0 Å². The highest BCUT2D eigenvalue weighted by atomic mass is 127. The summed E-state index contributed by atoms with van der Waals surface area (Å²) in [6.07, 6.45) is 0.974. The van der Waals surface area contributed by atoms with Gasteiger partial charge in [-0.3, -0.25) is 0 Å². The van der Waals surface area contributed by atoms with Crippen molar-refractivity contribution in [2.24, 2.45) is 0 Å². The summed E-state index contributed by atoms with van der Waals surface area (Å²) in [5.74, 6) is 0. The molecule has 0 spiro atoms. The van der Waals surface area contributed by atoms with Gasteiger partial charge in [-0.2, -0.15) is 5.10 Å². The van der Waals surface area contributed by atoms with E-state index in [1.54, 1.807) is 2.90 Å². The summed E-state index contributed by atoms with van der Waals surface area (Å²) in [6, 6.07) is 0. The number of fused-ring (bicyclic) bond motifs is 1. The van der Waals surface area contributed by atoms with Crippen LogP contribution in [0, 0.1) is 0 Å². The van der Waals surface area contributed by atoms with E-state index < -0.39 is 6.67 Å². The Morgan fingerprint density at radius 3 is 3.08 bits per heavy atom. The van der Waals surface area contributed by atoms with Crippen LogP contribution in [0.4, 0.5) is 4.39 Å². The highest BCUT2D eigenvalue weighted by molar-refractivity contribution is 14.1. The molecule has 0 aliphatic carbocycles. The van der Waals surface area contributed by atoms with E-state index in [1.807, 2.05) is 0 Å². The molecule has 0 unspecified atom stereocenters. The van der Waals surface area contributed by atoms with Crippen molar-refractivity contribution in [3.63, 3.8) is 0 Å². The summed E-state index contributed by atoms with van der Waals surface area (Å²) in [5, 5.41) is 4.15. The minimum absolute atomic E-state index is 0.452. The SMILES string of the molecule is CN1CCc2c(c(CF)nn2I)C1. The first kappa shape index (κ1) is 9.39. The van der Waals surface area contributed by atoms with Crippen molar-refractivity contribution in [2.45, 2.75) is 19.6 Å². The second-order valence-corrected chi connectivity index (χ2v) is 4.27. The molecule has 5 heteroatoms. The zero-order valence-corrected chi connectivity index (χ0v) is 9.58. The maximum Gasteiger partial charge on any atom is 0.134 e. The zero-order chi connectivity index (χ0) is 9.42. The number of nitrogens with zero attached hydrogens (tertiary/aromatic N) is 3. The molecular formula is C8H11FIN3. The molecule has 0 aromatic carbocycles. The predicted octanol–water partition coefficient (Wildman–Crippen LogP) is 1.54. The van der Waals surface area contributed by atoms with Gasteiger partial charge in [0.1, 0.15) is 6.67 Å². The van der Waals surface area contributed by atoms with Gasteiger partial charge in [0.25, 0.3) is 0 Å². The minimum Gasteiger partial charge on any atom is -0.302 e. The number of hydrogen-bond donors (Lipinski definition) is 0. The third-order valence-corrected chi connectivity index (χ3v) is 3.21. The summed E-state index contributed by atoms with van der Waals surface area (Å²) < 4.78 is 14.3. The van der Waals surface area contributed by atoms with E-state index in [-0.39, 0.29) is 0 Å². The number of rotatable bonds is 1. The van der Waals surface area contributed by atoms with Crippen molar-refractivity contribution in [1.29, 1.82) is 0 Å². The lowest BCUT2D eigenvalue weighted by Crippen LogP contribution is -2.27. The highest BCUT2D eigenvalue weighted by Gasteiger charge is 2.21. The lowest BCUT2D eigenvalue weighted by atomic mass is 10.1. The molecule has 0 amide bonds. The van der Waals surface area contributed by atoms with Crippen LogP contribution in [-0.2, 0) is 19.6 Å². The fourth-order valence-corrected chi connectivity index (χ4v) is 2.48. The second-order valence-electron chi connectivity index (χ2n) is 3.35. The highest BCUT2D eigenvalue weighted by Crippen LogP contribution is 2.23. The topological polar surface area (TPSA) is 21.1 Å². The zero-order valence-electron chi connectivity index (χ0n) is 7.43. The standard InChI is InChI=1S/C8H11FIN3/c1-12-3-2-8-6(5-12)7(4-9)11-13(8)10/h2-5H2,1H3. The van der Waals surface area contributed by atoms with Crippen molar-refractivity contribution < 1.29 is 4.39 Å². The molecular weight excluding hydrogens is 284 g/mol. The van der Waals surface area contributed by atoms with Gasteiger partial charge in [0.15, 0.2) is 0 Å². The molecule has 0 fully saturated rings. The average molecular weight is 295 g/mol. The number of likely N-dealkylation sites (N-methyl/N-ethyl adjacent to an activating group) is 1. The summed E-state index contributed by atoms with van der Waals surface area (Å²) in [7, 11) is 2.05. The fraction of sp³-hybridized carbons (Fsp3) is 0.625. The summed E-state index contributed by atoms with van der Waals surface area (Å²) in [5.41, 5.74) is 2.88. The summed E-state index contributed by atoms with van der Waals surface area (Å²) in [4.78, 5) is 2.19. The molecule has 13 heavy (non-hydrogen) atoms. The lowest BCUT2D eigenvalue weighted by molar-refractivity contribution is 0.308. The Balaban J connectivity index is 2.43. The van der Waals surface area contributed by atoms with Gasteiger partial charge in [0.2, 0.25) is 0 Å². The van der Waals surface area contributed by atoms with Crippen molar-refractivity contribution in [2.75, 3.05) is 13.6 Å². The molecule has 72 valence electrons. The van der Waals surface area contributed by atoms with Gasteiger partial charge >= 0.3 is 0 Å². The van der Waals surface area contributed by atoms with Crippen molar-refractivity contribution >= 4 is 22.9 Å². The van der Waals surface area contributed by atoms with Gasteiger partial charge in [-0.1, -0.05) is 0 Å². The maximum atomic E-state index is 12.6. The van der Waals surface area contributed by atoms with Crippen LogP contribution in [0.25, 0.3) is 0 Å². The normalized spacial score (nSPS) is 17.5. The number of alkyl halides is 1. The van der Waals surface area contributed by atoms with Crippen LogP contribution in [-0.4, -0.2) is 26.5 Å². The van der Waals surface area contributed by atoms with Gasteiger partial charge in [0.05, 0.1) is 34.3 Å². The molecule has 0 radical (unpaired) electrons. The Hall–Kier alpha value is -0.170. The Bertz CT molecular complexity index is 323. The number of halogens is 2. The Morgan fingerprint density at radius 1 is 1.62 bits per heavy atom. The van der Waals surface area contributed by atoms with Crippen LogP contribution in [0.5, 0.6) is 0 Å². The maximum absolute atomic E-state index is 12.6. The monoisotopic (exact) mass is 295 g/mol. The number of aromatic nitrogens is 2. The molecule has 2 rings (SSSR count). The molecule has 1 aromatic rings. The largest absolute Gasteiger partial charge is 0.302 e. The predicted molar refractivity (Wildman–Crippen MR) is 56.5 cm³/mol. The van der Waals surface area contributed by atoms with Crippen LogP contribution in [0.2, 0.25) is 0 Å². The quantitative estimate of drug-likeness (QED) is 0.733. The summed E-state index contributed by atoms with van der Waals surface area (Å²) >= 11 is 2.11. The van der Waals surface area contributed by atoms with E-state index >= 15 is 0 Å². The van der Waals surface area contributed by atoms with Crippen molar-refractivity contribution in [3.8, 4) is 0 Å². The Labute approximate surface area is 90.4 Å². The fourth-order valence-electron chi connectivity index (χ4n) is 1.68. The van der Waals surface area contributed by atoms with Crippen molar-refractivity contribution in [1.82, 2.24) is 12.9 Å². The molecule has 0 N–H and O–H groups in total. The van der Waals surface area contributed by atoms with Gasteiger partial charge in [-0.25, -0.2) is 7.29 Å². The molecule has 3 nitrogen and oxygen atoms in total. The van der Waals surface area contributed by atoms with Crippen LogP contribution in [0.3, 0.4) is 0 Å². The second kappa shape index (κ2) is 3.53. The molecule has 0 saturated carbocycles. The van der Waals surface area contributed by atoms with Crippen molar-refractivity contribution in [3.05, 3.63) is 17.0 Å². The third kappa shape index (κ3) is 1.59. The Kier molecular flexibility index (Phi) is 2.55. The first-order valence-electron chi connectivity index (χ1n) is 4.22. The van der Waals surface area contributed by atoms with E-state index in [1.165, 1.54) is 5.69 Å². The van der Waals surface area contributed by atoms with E-state index in [2.05, 4.69) is 39.9 Å². The Morgan fingerprint density at radius 2 is 2.38 bits per heavy atom. The molecule has 1 aliphatic heterocycles. The van der Waals surface area contributed by atoms with Gasteiger partial charge in [-0.15, -0.1) is 0 Å². The lowest BCUT2D eigenvalue weighted by Gasteiger charge is -2.22. The average Bonchev–Trinajstić information content (AvgIpc) is 2.42. The van der Waals surface area contributed by atoms with E-state index in [9.17, 15) is 4.39 Å². The van der Waals surface area contributed by atoms with Crippen LogP contribution in [0.15, 0.2) is 0 Å². The van der Waals surface area contributed by atoms with E-state index in [0.29, 0.717) is 5.69 Å². The summed E-state index contributed by atoms with van der Waals surface area (Å²) in [6.45, 7) is 1.41. The van der Waals surface area contributed by atoms with Gasteiger partial charge < -0.3 is 4.90 Å². The smallest absolute Gasteiger partial charge is 0.134 e. The van der Waals surface area contributed by atoms with E-state index in [0.717, 1.165) is 25.1 Å². The first-order chi connectivity index (χ1) is 6.22. The van der Waals surface area contributed by atoms with Crippen LogP contribution >= 0.6 is 22.9 Å². The molecule has 0 atom stereocenters. The first-order valence-corrected chi connectivity index (χ1v) is 5.19. The molecule has 1 aliphatic rings. The van der Waals surface area contributed by atoms with Gasteiger partial charge in [-0.05, 0) is 7.05 Å². The molecule has 1 aromatic heterocycles. The minimum atomic E-state index is -0.452. The molecule has 0 bridgehead atoms. The van der Waals surface area contributed by atoms with Crippen LogP contribution < -0.4 is 0 Å². The third-order valence-electron chi connectivity index (χ3n) is 2.41. The molecule has 0 saturated heterocycles. The number of hydrogen-bond acceptors (Lipinski definition) is 2. The molecule has 2 heterocycles. The van der Waals surface area contributed by atoms with E-state index in [4.69, 9.17) is 0 Å². The van der Waals surface area contributed by atoms with Gasteiger partial charge in [0, 0.05) is 25.1 Å².